The van der Waals surface area contributed by atoms with Crippen LogP contribution in [0.5, 0.6) is 5.75 Å². The van der Waals surface area contributed by atoms with Crippen LogP contribution >= 0.6 is 11.6 Å². The van der Waals surface area contributed by atoms with Crippen LogP contribution in [0.15, 0.2) is 22.7 Å². The number of aryl methyl sites for hydroxylation is 1. The van der Waals surface area contributed by atoms with E-state index < -0.39 is 0 Å². The van der Waals surface area contributed by atoms with Gasteiger partial charge in [-0.1, -0.05) is 23.7 Å². The zero-order chi connectivity index (χ0) is 11.7. The molecule has 0 aliphatic rings. The van der Waals surface area contributed by atoms with Gasteiger partial charge in [-0.15, -0.1) is 0 Å². The maximum atomic E-state index is 9.82. The average Bonchev–Trinajstić information content (AvgIpc) is 2.68. The highest BCUT2D eigenvalue weighted by Crippen LogP contribution is 2.37. The summed E-state index contributed by atoms with van der Waals surface area (Å²) in [5.41, 5.74) is 6.97. The summed E-state index contributed by atoms with van der Waals surface area (Å²) in [6, 6.07) is 5.08. The number of phenolic OH excluding ortho intramolecular Hbond substituents is 1. The van der Waals surface area contributed by atoms with Crippen molar-refractivity contribution in [2.24, 2.45) is 0 Å². The van der Waals surface area contributed by atoms with Crippen molar-refractivity contribution in [3.8, 4) is 17.1 Å². The molecule has 3 N–H and O–H groups in total. The third-order valence-electron chi connectivity index (χ3n) is 2.33. The van der Waals surface area contributed by atoms with Crippen LogP contribution in [0.25, 0.3) is 11.3 Å². The van der Waals surface area contributed by atoms with Crippen LogP contribution in [-0.4, -0.2) is 10.3 Å². The molecule has 1 aromatic heterocycles. The van der Waals surface area contributed by atoms with Crippen LogP contribution in [0.4, 0.5) is 5.82 Å². The van der Waals surface area contributed by atoms with E-state index in [9.17, 15) is 5.11 Å². The summed E-state index contributed by atoms with van der Waals surface area (Å²) >= 11 is 5.91. The second-order valence-electron chi connectivity index (χ2n) is 3.44. The van der Waals surface area contributed by atoms with Crippen molar-refractivity contribution >= 4 is 17.4 Å². The second kappa shape index (κ2) is 4.06. The highest BCUT2D eigenvalue weighted by atomic mass is 35.5. The summed E-state index contributed by atoms with van der Waals surface area (Å²) in [6.07, 6.45) is 0.816. The minimum atomic E-state index is -0.0185. The standard InChI is InChI=1S/C11H11ClN2O2/c1-2-6-3-7(11(15)8(12)4-6)9-5-10(13)14-16-9/h3-5,15H,2H2,1H3,(H2,13,14). The van der Waals surface area contributed by atoms with Gasteiger partial charge in [0.15, 0.2) is 11.6 Å². The van der Waals surface area contributed by atoms with Crippen molar-refractivity contribution < 1.29 is 9.63 Å². The highest BCUT2D eigenvalue weighted by Gasteiger charge is 2.13. The first kappa shape index (κ1) is 10.8. The molecule has 2 aromatic rings. The van der Waals surface area contributed by atoms with Gasteiger partial charge in [0.2, 0.25) is 0 Å². The third kappa shape index (κ3) is 1.84. The molecule has 0 saturated carbocycles. The molecule has 0 saturated heterocycles. The number of halogens is 1. The summed E-state index contributed by atoms with van der Waals surface area (Å²) in [7, 11) is 0. The van der Waals surface area contributed by atoms with E-state index in [-0.39, 0.29) is 11.6 Å². The minimum absolute atomic E-state index is 0.0185. The van der Waals surface area contributed by atoms with E-state index in [2.05, 4.69) is 5.16 Å². The lowest BCUT2D eigenvalue weighted by molar-refractivity contribution is 0.429. The van der Waals surface area contributed by atoms with Crippen molar-refractivity contribution in [2.75, 3.05) is 5.73 Å². The van der Waals surface area contributed by atoms with Gasteiger partial charge in [0, 0.05) is 6.07 Å². The number of hydrogen-bond donors (Lipinski definition) is 2. The fourth-order valence-corrected chi connectivity index (χ4v) is 1.70. The van der Waals surface area contributed by atoms with Crippen molar-refractivity contribution in [3.63, 3.8) is 0 Å². The van der Waals surface area contributed by atoms with Crippen LogP contribution in [0.1, 0.15) is 12.5 Å². The number of hydrogen-bond acceptors (Lipinski definition) is 4. The van der Waals surface area contributed by atoms with Crippen LogP contribution in [-0.2, 0) is 6.42 Å². The maximum Gasteiger partial charge on any atom is 0.172 e. The second-order valence-corrected chi connectivity index (χ2v) is 3.85. The lowest BCUT2D eigenvalue weighted by Gasteiger charge is -2.05. The van der Waals surface area contributed by atoms with Crippen LogP contribution in [0.2, 0.25) is 5.02 Å². The predicted octanol–water partition coefficient (Wildman–Crippen LogP) is 2.85. The Hall–Kier alpha value is -1.68. The molecular weight excluding hydrogens is 228 g/mol. The van der Waals surface area contributed by atoms with Gasteiger partial charge in [-0.25, -0.2) is 0 Å². The van der Waals surface area contributed by atoms with Gasteiger partial charge in [0.25, 0.3) is 0 Å². The number of nitrogens with two attached hydrogens (primary N) is 1. The third-order valence-corrected chi connectivity index (χ3v) is 2.61. The smallest absolute Gasteiger partial charge is 0.172 e. The first-order chi connectivity index (χ1) is 7.61. The Kier molecular flexibility index (Phi) is 2.75. The van der Waals surface area contributed by atoms with E-state index in [1.807, 2.05) is 6.92 Å². The number of aromatic hydroxyl groups is 1. The Balaban J connectivity index is 2.59. The molecule has 0 bridgehead atoms. The fraction of sp³-hybridized carbons (Fsp3) is 0.182. The SMILES string of the molecule is CCc1cc(Cl)c(O)c(-c2cc(N)no2)c1. The molecule has 0 spiro atoms. The molecule has 0 unspecified atom stereocenters. The number of nitrogen functional groups attached to an aromatic ring is 1. The lowest BCUT2D eigenvalue weighted by atomic mass is 10.1. The monoisotopic (exact) mass is 238 g/mol. The molecule has 0 fully saturated rings. The quantitative estimate of drug-likeness (QED) is 0.844. The Bertz CT molecular complexity index is 523. The van der Waals surface area contributed by atoms with Gasteiger partial charge in [-0.3, -0.25) is 0 Å². The molecule has 84 valence electrons. The first-order valence-corrected chi connectivity index (χ1v) is 5.23. The van der Waals surface area contributed by atoms with E-state index in [4.69, 9.17) is 21.9 Å². The molecule has 1 heterocycles. The zero-order valence-electron chi connectivity index (χ0n) is 8.70. The van der Waals surface area contributed by atoms with E-state index in [1.165, 1.54) is 0 Å². The molecule has 0 atom stereocenters. The van der Waals surface area contributed by atoms with E-state index >= 15 is 0 Å². The Morgan fingerprint density at radius 2 is 2.19 bits per heavy atom. The molecule has 0 aliphatic carbocycles. The molecule has 1 aromatic carbocycles. The van der Waals surface area contributed by atoms with E-state index in [0.29, 0.717) is 16.3 Å². The lowest BCUT2D eigenvalue weighted by Crippen LogP contribution is -1.85. The van der Waals surface area contributed by atoms with Crippen LogP contribution < -0.4 is 5.73 Å². The molecule has 0 amide bonds. The number of nitrogens with zero attached hydrogens (tertiary/aromatic N) is 1. The van der Waals surface area contributed by atoms with Gasteiger partial charge in [0.05, 0.1) is 10.6 Å². The molecule has 0 aliphatic heterocycles. The van der Waals surface area contributed by atoms with Gasteiger partial charge in [-0.2, -0.15) is 0 Å². The number of aromatic nitrogens is 1. The summed E-state index contributed by atoms with van der Waals surface area (Å²) in [5, 5.41) is 13.7. The molecular formula is C11H11ClN2O2. The molecule has 0 radical (unpaired) electrons. The number of rotatable bonds is 2. The fourth-order valence-electron chi connectivity index (χ4n) is 1.46. The normalized spacial score (nSPS) is 10.6. The topological polar surface area (TPSA) is 72.3 Å². The maximum absolute atomic E-state index is 9.82. The summed E-state index contributed by atoms with van der Waals surface area (Å²) < 4.78 is 4.99. The van der Waals surface area contributed by atoms with E-state index in [1.54, 1.807) is 18.2 Å². The average molecular weight is 239 g/mol. The molecule has 4 nitrogen and oxygen atoms in total. The summed E-state index contributed by atoms with van der Waals surface area (Å²) in [5.74, 6) is 0.662. The Morgan fingerprint density at radius 3 is 2.75 bits per heavy atom. The molecule has 2 rings (SSSR count). The first-order valence-electron chi connectivity index (χ1n) is 4.85. The van der Waals surface area contributed by atoms with Gasteiger partial charge in [0.1, 0.15) is 5.75 Å². The number of phenols is 1. The molecule has 5 heteroatoms. The molecule has 16 heavy (non-hydrogen) atoms. The zero-order valence-corrected chi connectivity index (χ0v) is 9.45. The van der Waals surface area contributed by atoms with Gasteiger partial charge >= 0.3 is 0 Å². The van der Waals surface area contributed by atoms with Crippen LogP contribution in [0.3, 0.4) is 0 Å². The van der Waals surface area contributed by atoms with Crippen molar-refractivity contribution in [3.05, 3.63) is 28.8 Å². The van der Waals surface area contributed by atoms with Crippen LogP contribution in [0, 0.1) is 0 Å². The predicted molar refractivity (Wildman–Crippen MR) is 62.4 cm³/mol. The highest BCUT2D eigenvalue weighted by molar-refractivity contribution is 6.32. The van der Waals surface area contributed by atoms with E-state index in [0.717, 1.165) is 12.0 Å². The largest absolute Gasteiger partial charge is 0.506 e. The number of benzene rings is 1. The Labute approximate surface area is 97.6 Å². The van der Waals surface area contributed by atoms with Gasteiger partial charge in [-0.05, 0) is 24.1 Å². The summed E-state index contributed by atoms with van der Waals surface area (Å²) in [6.45, 7) is 2.00. The number of anilines is 1. The van der Waals surface area contributed by atoms with Gasteiger partial charge < -0.3 is 15.4 Å². The van der Waals surface area contributed by atoms with Crippen molar-refractivity contribution in [1.29, 1.82) is 0 Å². The minimum Gasteiger partial charge on any atom is -0.506 e. The van der Waals surface area contributed by atoms with Crippen molar-refractivity contribution in [1.82, 2.24) is 5.16 Å². The summed E-state index contributed by atoms with van der Waals surface area (Å²) in [4.78, 5) is 0. The van der Waals surface area contributed by atoms with Crippen molar-refractivity contribution in [2.45, 2.75) is 13.3 Å². The Morgan fingerprint density at radius 1 is 1.44 bits per heavy atom.